The molecule has 1 aliphatic heterocycles. The van der Waals surface area contributed by atoms with Crippen molar-refractivity contribution in [3.8, 4) is 0 Å². The summed E-state index contributed by atoms with van der Waals surface area (Å²) < 4.78 is 0. The highest BCUT2D eigenvalue weighted by atomic mass is 35.5. The molecule has 0 fully saturated rings. The van der Waals surface area contributed by atoms with Gasteiger partial charge in [0, 0.05) is 6.54 Å². The van der Waals surface area contributed by atoms with Gasteiger partial charge in [0.25, 0.3) is 0 Å². The van der Waals surface area contributed by atoms with E-state index in [-0.39, 0.29) is 18.0 Å². The van der Waals surface area contributed by atoms with Crippen LogP contribution in [0.25, 0.3) is 0 Å². The number of benzene rings is 1. The predicted octanol–water partition coefficient (Wildman–Crippen LogP) is 2.14. The number of halogens is 2. The van der Waals surface area contributed by atoms with E-state index in [4.69, 9.17) is 16.7 Å². The second kappa shape index (κ2) is 5.93. The molecule has 0 radical (unpaired) electrons. The van der Waals surface area contributed by atoms with Gasteiger partial charge in [-0.2, -0.15) is 0 Å². The van der Waals surface area contributed by atoms with Gasteiger partial charge in [0.15, 0.2) is 5.96 Å². The van der Waals surface area contributed by atoms with Crippen molar-refractivity contribution in [2.24, 2.45) is 4.99 Å². The molecule has 98 valence electrons. The Labute approximate surface area is 116 Å². The molecular weight excluding hydrogens is 277 g/mol. The van der Waals surface area contributed by atoms with Crippen molar-refractivity contribution in [3.63, 3.8) is 0 Å². The third-order valence-electron chi connectivity index (χ3n) is 2.45. The molecular formula is C11H13Cl2N3O2. The van der Waals surface area contributed by atoms with Crippen LogP contribution in [0.15, 0.2) is 17.1 Å². The van der Waals surface area contributed by atoms with E-state index in [0.717, 1.165) is 18.7 Å². The molecule has 0 aliphatic carbocycles. The number of hydrogen-bond donors (Lipinski definition) is 3. The monoisotopic (exact) mass is 289 g/mol. The van der Waals surface area contributed by atoms with E-state index in [1.807, 2.05) is 0 Å². The maximum absolute atomic E-state index is 10.8. The number of aromatic carboxylic acids is 1. The number of aliphatic imine (C=N–C) groups is 1. The van der Waals surface area contributed by atoms with Gasteiger partial charge < -0.3 is 15.7 Å². The van der Waals surface area contributed by atoms with E-state index >= 15 is 0 Å². The van der Waals surface area contributed by atoms with E-state index < -0.39 is 5.97 Å². The molecule has 0 unspecified atom stereocenters. The number of hydrogen-bond acceptors (Lipinski definition) is 4. The molecule has 0 bridgehead atoms. The molecule has 0 aromatic heterocycles. The summed E-state index contributed by atoms with van der Waals surface area (Å²) in [4.78, 5) is 15.0. The van der Waals surface area contributed by atoms with Crippen molar-refractivity contribution in [2.75, 3.05) is 18.4 Å². The van der Waals surface area contributed by atoms with Crippen LogP contribution in [0.4, 0.5) is 5.69 Å². The Morgan fingerprint density at radius 3 is 2.78 bits per heavy atom. The molecule has 0 saturated heterocycles. The third-order valence-corrected chi connectivity index (χ3v) is 2.75. The minimum atomic E-state index is -0.988. The summed E-state index contributed by atoms with van der Waals surface area (Å²) in [5.74, 6) is -0.323. The SMILES string of the molecule is Cc1cc(C(=O)O)cc(Cl)c1NC1=NCCN1.Cl. The maximum Gasteiger partial charge on any atom is 0.335 e. The van der Waals surface area contributed by atoms with Crippen LogP contribution in [0.3, 0.4) is 0 Å². The van der Waals surface area contributed by atoms with Gasteiger partial charge in [0.2, 0.25) is 0 Å². The highest BCUT2D eigenvalue weighted by molar-refractivity contribution is 6.34. The zero-order valence-corrected chi connectivity index (χ0v) is 11.2. The summed E-state index contributed by atoms with van der Waals surface area (Å²) in [6.45, 7) is 3.33. The number of anilines is 1. The molecule has 3 N–H and O–H groups in total. The molecule has 1 aromatic rings. The molecule has 18 heavy (non-hydrogen) atoms. The van der Waals surface area contributed by atoms with Crippen molar-refractivity contribution >= 4 is 41.6 Å². The Bertz CT molecular complexity index is 480. The minimum Gasteiger partial charge on any atom is -0.478 e. The lowest BCUT2D eigenvalue weighted by Gasteiger charge is -2.12. The predicted molar refractivity (Wildman–Crippen MR) is 74.3 cm³/mol. The first-order valence-electron chi connectivity index (χ1n) is 5.16. The average molecular weight is 290 g/mol. The van der Waals surface area contributed by atoms with Gasteiger partial charge in [-0.05, 0) is 24.6 Å². The summed E-state index contributed by atoms with van der Waals surface area (Å²) in [7, 11) is 0. The Hall–Kier alpha value is -1.46. The molecule has 1 heterocycles. The summed E-state index contributed by atoms with van der Waals surface area (Å²) in [6, 6.07) is 3.00. The number of guanidine groups is 1. The highest BCUT2D eigenvalue weighted by Crippen LogP contribution is 2.27. The van der Waals surface area contributed by atoms with Gasteiger partial charge in [-0.25, -0.2) is 4.79 Å². The number of carboxylic acid groups (broad SMARTS) is 1. The van der Waals surface area contributed by atoms with Crippen molar-refractivity contribution in [2.45, 2.75) is 6.92 Å². The zero-order chi connectivity index (χ0) is 12.4. The van der Waals surface area contributed by atoms with Crippen LogP contribution in [-0.2, 0) is 0 Å². The van der Waals surface area contributed by atoms with E-state index in [1.165, 1.54) is 6.07 Å². The Morgan fingerprint density at radius 2 is 2.28 bits per heavy atom. The number of carbonyl (C=O) groups is 1. The van der Waals surface area contributed by atoms with Crippen molar-refractivity contribution < 1.29 is 9.90 Å². The standard InChI is InChI=1S/C11H12ClN3O2.ClH/c1-6-4-7(10(16)17)5-8(12)9(6)15-11-13-2-3-14-11;/h4-5H,2-3H2,1H3,(H,16,17)(H2,13,14,15);1H. The van der Waals surface area contributed by atoms with Crippen molar-refractivity contribution in [1.29, 1.82) is 0 Å². The fraction of sp³-hybridized carbons (Fsp3) is 0.273. The summed E-state index contributed by atoms with van der Waals surface area (Å²) >= 11 is 6.05. The first-order chi connectivity index (χ1) is 8.08. The van der Waals surface area contributed by atoms with E-state index in [9.17, 15) is 4.79 Å². The second-order valence-corrected chi connectivity index (χ2v) is 4.14. The van der Waals surface area contributed by atoms with Gasteiger partial charge >= 0.3 is 5.97 Å². The van der Waals surface area contributed by atoms with Crippen LogP contribution >= 0.6 is 24.0 Å². The molecule has 5 nitrogen and oxygen atoms in total. The number of rotatable bonds is 2. The van der Waals surface area contributed by atoms with Gasteiger partial charge in [0.05, 0.1) is 22.8 Å². The van der Waals surface area contributed by atoms with E-state index in [0.29, 0.717) is 16.7 Å². The van der Waals surface area contributed by atoms with Gasteiger partial charge in [-0.15, -0.1) is 12.4 Å². The van der Waals surface area contributed by atoms with Crippen LogP contribution in [0, 0.1) is 6.92 Å². The number of nitrogens with one attached hydrogen (secondary N) is 2. The molecule has 1 aromatic carbocycles. The molecule has 0 amide bonds. The second-order valence-electron chi connectivity index (χ2n) is 3.74. The molecule has 2 rings (SSSR count). The lowest BCUT2D eigenvalue weighted by Crippen LogP contribution is -2.26. The smallest absolute Gasteiger partial charge is 0.335 e. The molecule has 0 spiro atoms. The first-order valence-corrected chi connectivity index (χ1v) is 5.54. The molecule has 0 saturated carbocycles. The van der Waals surface area contributed by atoms with Crippen LogP contribution in [0.5, 0.6) is 0 Å². The molecule has 0 atom stereocenters. The lowest BCUT2D eigenvalue weighted by molar-refractivity contribution is 0.0697. The van der Waals surface area contributed by atoms with Gasteiger partial charge in [0.1, 0.15) is 0 Å². The van der Waals surface area contributed by atoms with Crippen molar-refractivity contribution in [1.82, 2.24) is 5.32 Å². The van der Waals surface area contributed by atoms with Gasteiger partial charge in [-0.3, -0.25) is 4.99 Å². The molecule has 1 aliphatic rings. The topological polar surface area (TPSA) is 73.7 Å². The zero-order valence-electron chi connectivity index (χ0n) is 9.66. The summed E-state index contributed by atoms with van der Waals surface area (Å²) in [5, 5.41) is 15.4. The number of carboxylic acids is 1. The fourth-order valence-corrected chi connectivity index (χ4v) is 1.94. The number of nitrogens with zero attached hydrogens (tertiary/aromatic N) is 1. The largest absolute Gasteiger partial charge is 0.478 e. The summed E-state index contributed by atoms with van der Waals surface area (Å²) in [6.07, 6.45) is 0. The van der Waals surface area contributed by atoms with Crippen LogP contribution in [0.2, 0.25) is 5.02 Å². The van der Waals surface area contributed by atoms with Crippen LogP contribution < -0.4 is 10.6 Å². The van der Waals surface area contributed by atoms with Crippen molar-refractivity contribution in [3.05, 3.63) is 28.3 Å². The average Bonchev–Trinajstić information content (AvgIpc) is 2.75. The minimum absolute atomic E-state index is 0. The highest BCUT2D eigenvalue weighted by Gasteiger charge is 2.13. The Morgan fingerprint density at radius 1 is 1.56 bits per heavy atom. The van der Waals surface area contributed by atoms with E-state index in [2.05, 4.69) is 15.6 Å². The van der Waals surface area contributed by atoms with Crippen LogP contribution in [0.1, 0.15) is 15.9 Å². The first kappa shape index (κ1) is 14.6. The Kier molecular flexibility index (Phi) is 4.81. The number of aryl methyl sites for hydroxylation is 1. The quantitative estimate of drug-likeness (QED) is 0.780. The lowest BCUT2D eigenvalue weighted by atomic mass is 10.1. The molecule has 7 heteroatoms. The maximum atomic E-state index is 10.8. The van der Waals surface area contributed by atoms with Crippen LogP contribution in [-0.4, -0.2) is 30.1 Å². The fourth-order valence-electron chi connectivity index (χ4n) is 1.63. The van der Waals surface area contributed by atoms with E-state index in [1.54, 1.807) is 13.0 Å². The van der Waals surface area contributed by atoms with Gasteiger partial charge in [-0.1, -0.05) is 11.6 Å². The Balaban J connectivity index is 0.00000162. The third kappa shape index (κ3) is 3.05. The normalized spacial score (nSPS) is 13.3. The summed E-state index contributed by atoms with van der Waals surface area (Å²) in [5.41, 5.74) is 1.63.